The van der Waals surface area contributed by atoms with Gasteiger partial charge in [-0.15, -0.1) is 0 Å². The van der Waals surface area contributed by atoms with E-state index in [1.54, 1.807) is 0 Å². The summed E-state index contributed by atoms with van der Waals surface area (Å²) in [5.74, 6) is 0. The number of hydrogen-bond acceptors (Lipinski definition) is 18. The topological polar surface area (TPSA) is 428 Å². The first-order chi connectivity index (χ1) is 17.9. The fourth-order valence-corrected chi connectivity index (χ4v) is 3.28. The van der Waals surface area contributed by atoms with Gasteiger partial charge in [-0.25, -0.2) is 0 Å². The van der Waals surface area contributed by atoms with Crippen molar-refractivity contribution in [3.05, 3.63) is 0 Å². The average molecular weight is 950 g/mol. The largest absolute Gasteiger partial charge is 3.00 e. The zero-order valence-corrected chi connectivity index (χ0v) is 26.7. The molecule has 2 radical (unpaired) electrons. The average Bonchev–Trinajstić information content (AvgIpc) is 3.06. The maximum absolute atomic E-state index is 8.58. The van der Waals surface area contributed by atoms with E-state index in [4.69, 9.17) is 94.7 Å². The van der Waals surface area contributed by atoms with Crippen LogP contribution in [-0.4, -0.2) is 0 Å². The van der Waals surface area contributed by atoms with Crippen LogP contribution in [0, 0.1) is 264 Å². The summed E-state index contributed by atoms with van der Waals surface area (Å²) in [5, 5.41) is 154. The first-order valence-electron chi connectivity index (χ1n) is 7.21. The molecule has 0 atom stereocenters. The van der Waals surface area contributed by atoms with Crippen LogP contribution in [0.25, 0.3) is 0 Å². The predicted octanol–water partition coefficient (Wildman–Crippen LogP) is 0.295. The summed E-state index contributed by atoms with van der Waals surface area (Å²) < 4.78 is 0. The van der Waals surface area contributed by atoms with Gasteiger partial charge in [0.1, 0.15) is 0 Å². The van der Waals surface area contributed by atoms with Crippen molar-refractivity contribution in [1.29, 1.82) is 94.7 Å². The Kier molecular flexibility index (Phi) is 13.5. The van der Waals surface area contributed by atoms with E-state index in [1.165, 1.54) is 0 Å². The van der Waals surface area contributed by atoms with E-state index >= 15 is 0 Å². The van der Waals surface area contributed by atoms with Crippen LogP contribution in [0.3, 0.4) is 0 Å². The molecule has 23 heteroatoms. The third kappa shape index (κ3) is 5.29. The van der Waals surface area contributed by atoms with Gasteiger partial charge in [0.25, 0.3) is 0 Å². The number of nitriles is 18. The molecule has 0 aliphatic carbocycles. The molecule has 0 saturated carbocycles. The minimum absolute atomic E-state index is 0. The Morgan fingerprint density at radius 1 is 0.171 bits per heavy atom. The van der Waals surface area contributed by atoms with Gasteiger partial charge in [-0.1, -0.05) is 0 Å². The molecule has 0 spiro atoms. The Bertz CT molecular complexity index is 1410. The minimum atomic E-state index is -6.17. The van der Waals surface area contributed by atoms with Crippen molar-refractivity contribution in [3.63, 3.8) is 0 Å². The number of hydrogen-bond donors (Lipinski definition) is 0. The van der Waals surface area contributed by atoms with Crippen molar-refractivity contribution in [2.45, 2.75) is 0 Å². The fourth-order valence-electron chi connectivity index (χ4n) is 0.795. The molecule has 18 nitrogen and oxygen atoms in total. The van der Waals surface area contributed by atoms with Crippen molar-refractivity contribution in [2.75, 3.05) is 0 Å². The summed E-state index contributed by atoms with van der Waals surface area (Å²) in [6.45, 7) is 0. The molecule has 202 valence electrons. The van der Waals surface area contributed by atoms with E-state index in [2.05, 4.69) is 0 Å². The molecule has 0 rings (SSSR count). The molecule has 0 saturated heterocycles. The third-order valence-electron chi connectivity index (χ3n) is 3.56. The van der Waals surface area contributed by atoms with Gasteiger partial charge < -0.3 is 0 Å². The number of rotatable bonds is 0. The molecule has 0 amide bonds. The SMILES string of the molecule is N#[C][Fe-2]([C]#N)([C]#N)([C]#N)([C]#N)[C]#N.N#[C][Fe-2]([C]#N)([C]#N)([C]#N)([C]#N)[C]#N.N#[C][Fe-2]([C]#N)([C]#N)([C]#N)([C]#N)[C]#N.[Gd+3].[Gd+3]. The Morgan fingerprint density at radius 3 is 0.220 bits per heavy atom. The van der Waals surface area contributed by atoms with Gasteiger partial charge >= 0.3 is 296 Å². The Morgan fingerprint density at radius 2 is 0.220 bits per heavy atom. The van der Waals surface area contributed by atoms with Gasteiger partial charge in [-0.3, -0.25) is 0 Å². The smallest absolute Gasteiger partial charge is 3.00 e. The summed E-state index contributed by atoms with van der Waals surface area (Å²) in [6.07, 6.45) is 0. The summed E-state index contributed by atoms with van der Waals surface area (Å²) in [7, 11) is -18.5. The predicted molar refractivity (Wildman–Crippen MR) is 101 cm³/mol. The third-order valence-corrected chi connectivity index (χ3v) is 14.7. The molecular weight excluding hydrogens is 950 g/mol. The summed E-state index contributed by atoms with van der Waals surface area (Å²) in [6, 6.07) is 0. The molecule has 0 N–H and O–H groups in total. The Balaban J connectivity index is -0.000000154. The molecule has 0 fully saturated rings. The molecule has 0 aromatic carbocycles. The summed E-state index contributed by atoms with van der Waals surface area (Å²) in [5.41, 5.74) is 0. The zero-order valence-electron chi connectivity index (χ0n) is 18.8. The van der Waals surface area contributed by atoms with Crippen LogP contribution in [0.2, 0.25) is 0 Å². The molecular formula is C18Fe3Gd2N18. The van der Waals surface area contributed by atoms with Crippen molar-refractivity contribution < 1.29 is 112 Å². The summed E-state index contributed by atoms with van der Waals surface area (Å²) >= 11 is 0. The van der Waals surface area contributed by atoms with Crippen molar-refractivity contribution >= 4 is 0 Å². The van der Waals surface area contributed by atoms with Crippen LogP contribution in [0.1, 0.15) is 0 Å². The first-order valence-corrected chi connectivity index (χ1v) is 17.1. The Hall–Kier alpha value is -4.97. The number of nitrogens with zero attached hydrogens (tertiary/aromatic N) is 18. The molecule has 0 aromatic rings. The maximum atomic E-state index is 8.58. The maximum Gasteiger partial charge on any atom is 3.00 e. The van der Waals surface area contributed by atoms with E-state index in [0.717, 1.165) is 89.4 Å². The zero-order chi connectivity index (χ0) is 32.0. The van der Waals surface area contributed by atoms with Crippen molar-refractivity contribution in [2.24, 2.45) is 0 Å². The van der Waals surface area contributed by atoms with E-state index in [1.807, 2.05) is 0 Å². The molecule has 0 aromatic heterocycles. The van der Waals surface area contributed by atoms with Crippen LogP contribution in [0.5, 0.6) is 0 Å². The first kappa shape index (κ1) is 45.9. The normalized spacial score (nSPS) is 12.7. The van der Waals surface area contributed by atoms with Gasteiger partial charge in [0, 0.05) is 0 Å². The van der Waals surface area contributed by atoms with Crippen LogP contribution < -0.4 is 0 Å². The van der Waals surface area contributed by atoms with E-state index in [-0.39, 0.29) is 79.9 Å². The Labute approximate surface area is 291 Å². The van der Waals surface area contributed by atoms with Crippen LogP contribution in [0.4, 0.5) is 0 Å². The van der Waals surface area contributed by atoms with Gasteiger partial charge in [0.15, 0.2) is 0 Å². The minimum Gasteiger partial charge on any atom is 3.00 e. The second kappa shape index (κ2) is 12.0. The monoisotopic (exact) mass is 952 g/mol. The molecule has 41 heavy (non-hydrogen) atoms. The molecule has 0 aliphatic rings. The van der Waals surface area contributed by atoms with Crippen molar-refractivity contribution in [3.8, 4) is 89.4 Å². The molecule has 0 bridgehead atoms. The van der Waals surface area contributed by atoms with E-state index in [0.29, 0.717) is 0 Å². The van der Waals surface area contributed by atoms with Crippen LogP contribution in [0.15, 0.2) is 0 Å². The van der Waals surface area contributed by atoms with Gasteiger partial charge in [0.2, 0.25) is 0 Å². The van der Waals surface area contributed by atoms with Gasteiger partial charge in [0.05, 0.1) is 0 Å². The molecule has 0 aliphatic heterocycles. The van der Waals surface area contributed by atoms with Gasteiger partial charge in [-0.2, -0.15) is 0 Å². The fraction of sp³-hybridized carbons (Fsp3) is 0. The molecule has 0 heterocycles. The van der Waals surface area contributed by atoms with Crippen LogP contribution in [-0.2, 0) is 32.2 Å². The van der Waals surface area contributed by atoms with E-state index < -0.39 is 32.2 Å². The quantitative estimate of drug-likeness (QED) is 0.295. The van der Waals surface area contributed by atoms with Crippen molar-refractivity contribution in [1.82, 2.24) is 0 Å². The van der Waals surface area contributed by atoms with Gasteiger partial charge in [-0.05, 0) is 0 Å². The van der Waals surface area contributed by atoms with Crippen LogP contribution >= 0.6 is 0 Å². The second-order valence-electron chi connectivity index (χ2n) is 5.40. The van der Waals surface area contributed by atoms with E-state index in [9.17, 15) is 0 Å². The second-order valence-corrected chi connectivity index (χ2v) is 22.3. The summed E-state index contributed by atoms with van der Waals surface area (Å²) in [4.78, 5) is 18.6. The standard InChI is InChI=1S/18CN.3Fe.2Gd/c18*1-2;;;;;/q;;;;;;;;;;;;;;;;;;3*-2;2*+3. The molecule has 0 unspecified atom stereocenters.